The molecular formula is C22H21N5. The van der Waals surface area contributed by atoms with E-state index in [9.17, 15) is 0 Å². The van der Waals surface area contributed by atoms with Gasteiger partial charge in [-0.2, -0.15) is 0 Å². The number of para-hydroxylation sites is 1. The lowest BCUT2D eigenvalue weighted by Crippen LogP contribution is -2.54. The van der Waals surface area contributed by atoms with Crippen molar-refractivity contribution in [1.29, 1.82) is 0 Å². The maximum atomic E-state index is 4.66. The lowest BCUT2D eigenvalue weighted by atomic mass is 9.68. The van der Waals surface area contributed by atoms with Crippen LogP contribution in [0.3, 0.4) is 0 Å². The first kappa shape index (κ1) is 16.0. The van der Waals surface area contributed by atoms with Crippen LogP contribution in [0.4, 0.5) is 22.9 Å². The number of benzene rings is 1. The van der Waals surface area contributed by atoms with E-state index in [1.54, 1.807) is 6.33 Å². The van der Waals surface area contributed by atoms with Gasteiger partial charge in [0.25, 0.3) is 0 Å². The van der Waals surface area contributed by atoms with Crippen LogP contribution in [0, 0.1) is 5.92 Å². The van der Waals surface area contributed by atoms with Crippen molar-refractivity contribution in [3.05, 3.63) is 79.5 Å². The van der Waals surface area contributed by atoms with E-state index in [0.29, 0.717) is 0 Å². The Labute approximate surface area is 159 Å². The summed E-state index contributed by atoms with van der Waals surface area (Å²) < 4.78 is 0. The number of anilines is 4. The number of rotatable bonds is 2. The molecule has 0 saturated heterocycles. The van der Waals surface area contributed by atoms with E-state index in [2.05, 4.69) is 75.5 Å². The number of fused-ring (bicyclic) bond motifs is 5. The Morgan fingerprint density at radius 3 is 2.59 bits per heavy atom. The van der Waals surface area contributed by atoms with E-state index in [-0.39, 0.29) is 17.5 Å². The van der Waals surface area contributed by atoms with Gasteiger partial charge in [0.15, 0.2) is 5.82 Å². The first-order valence-corrected chi connectivity index (χ1v) is 9.18. The zero-order chi connectivity index (χ0) is 18.6. The minimum Gasteiger partial charge on any atom is -0.315 e. The molecule has 0 spiro atoms. The molecule has 0 aliphatic carbocycles. The number of hydrogen-bond donors (Lipinski definition) is 0. The zero-order valence-electron chi connectivity index (χ0n) is 15.4. The second kappa shape index (κ2) is 5.64. The number of nitrogens with zero attached hydrogens (tertiary/aromatic N) is 5. The summed E-state index contributed by atoms with van der Waals surface area (Å²) in [6, 6.07) is 12.7. The van der Waals surface area contributed by atoms with E-state index in [4.69, 9.17) is 0 Å². The molecule has 0 fully saturated rings. The van der Waals surface area contributed by atoms with Crippen LogP contribution in [0.1, 0.15) is 19.4 Å². The molecule has 2 aromatic heterocycles. The molecule has 1 aromatic carbocycles. The van der Waals surface area contributed by atoms with Crippen molar-refractivity contribution in [3.63, 3.8) is 0 Å². The van der Waals surface area contributed by atoms with Crippen LogP contribution < -0.4 is 9.80 Å². The maximum Gasteiger partial charge on any atom is 0.162 e. The maximum absolute atomic E-state index is 4.66. The molecule has 27 heavy (non-hydrogen) atoms. The second-order valence-corrected chi connectivity index (χ2v) is 7.38. The highest BCUT2D eigenvalue weighted by Gasteiger charge is 2.52. The monoisotopic (exact) mass is 355 g/mol. The smallest absolute Gasteiger partial charge is 0.162 e. The molecule has 3 aromatic rings. The average molecular weight is 355 g/mol. The van der Waals surface area contributed by atoms with E-state index in [0.717, 1.165) is 17.2 Å². The third kappa shape index (κ3) is 2.02. The largest absolute Gasteiger partial charge is 0.315 e. The van der Waals surface area contributed by atoms with Gasteiger partial charge in [-0.1, -0.05) is 38.1 Å². The van der Waals surface area contributed by atoms with Crippen molar-refractivity contribution in [2.45, 2.75) is 25.4 Å². The van der Waals surface area contributed by atoms with Crippen LogP contribution in [-0.2, 0) is 5.41 Å². The summed E-state index contributed by atoms with van der Waals surface area (Å²) in [7, 11) is 0. The fourth-order valence-electron chi connectivity index (χ4n) is 4.54. The van der Waals surface area contributed by atoms with Gasteiger partial charge in [-0.25, -0.2) is 9.97 Å². The lowest BCUT2D eigenvalue weighted by Gasteiger charge is -2.49. The van der Waals surface area contributed by atoms with Gasteiger partial charge in [0, 0.05) is 35.1 Å². The van der Waals surface area contributed by atoms with Gasteiger partial charge >= 0.3 is 0 Å². The molecule has 0 saturated carbocycles. The molecule has 5 rings (SSSR count). The number of aromatic nitrogens is 3. The fourth-order valence-corrected chi connectivity index (χ4v) is 4.54. The molecule has 0 radical (unpaired) electrons. The second-order valence-electron chi connectivity index (χ2n) is 7.38. The minimum absolute atomic E-state index is 0.0806. The van der Waals surface area contributed by atoms with Crippen LogP contribution in [-0.4, -0.2) is 21.1 Å². The number of allylic oxidation sites excluding steroid dienone is 1. The van der Waals surface area contributed by atoms with Gasteiger partial charge in [0.05, 0.1) is 6.20 Å². The van der Waals surface area contributed by atoms with Crippen molar-refractivity contribution >= 4 is 22.9 Å². The topological polar surface area (TPSA) is 45.2 Å². The Kier molecular flexibility index (Phi) is 3.34. The SMILES string of the molecule is C=CC1(C)c2ccccc2N2c3ncncc3N(c3ccncc3)C2C1C. The summed E-state index contributed by atoms with van der Waals surface area (Å²) in [5.41, 5.74) is 4.41. The predicted octanol–water partition coefficient (Wildman–Crippen LogP) is 4.58. The number of hydrogen-bond acceptors (Lipinski definition) is 5. The van der Waals surface area contributed by atoms with Crippen molar-refractivity contribution in [3.8, 4) is 0 Å². The molecule has 2 aliphatic rings. The molecule has 2 aliphatic heterocycles. The first-order chi connectivity index (χ1) is 13.2. The summed E-state index contributed by atoms with van der Waals surface area (Å²) in [5.74, 6) is 1.21. The summed E-state index contributed by atoms with van der Waals surface area (Å²) in [4.78, 5) is 17.8. The van der Waals surface area contributed by atoms with Crippen molar-refractivity contribution in [2.75, 3.05) is 9.80 Å². The normalized spacial score (nSPS) is 25.6. The van der Waals surface area contributed by atoms with Crippen LogP contribution in [0.2, 0.25) is 0 Å². The van der Waals surface area contributed by atoms with E-state index < -0.39 is 0 Å². The van der Waals surface area contributed by atoms with Crippen LogP contribution >= 0.6 is 0 Å². The molecule has 5 nitrogen and oxygen atoms in total. The summed E-state index contributed by atoms with van der Waals surface area (Å²) in [6.07, 6.45) is 9.36. The Balaban J connectivity index is 1.81. The standard InChI is InChI=1S/C22H21N5/c1-4-22(3)15(2)21-26(16-9-11-23-12-10-16)19-13-24-14-25-20(19)27(21)18-8-6-5-7-17(18)22/h4-15,21H,1H2,2-3H3. The molecule has 5 heteroatoms. The Morgan fingerprint density at radius 1 is 1.04 bits per heavy atom. The summed E-state index contributed by atoms with van der Waals surface area (Å²) in [6.45, 7) is 8.76. The quantitative estimate of drug-likeness (QED) is 0.630. The Morgan fingerprint density at radius 2 is 1.81 bits per heavy atom. The molecule has 0 N–H and O–H groups in total. The number of pyridine rings is 1. The zero-order valence-corrected chi connectivity index (χ0v) is 15.4. The minimum atomic E-state index is -0.154. The highest BCUT2D eigenvalue weighted by molar-refractivity contribution is 5.87. The lowest BCUT2D eigenvalue weighted by molar-refractivity contribution is 0.312. The van der Waals surface area contributed by atoms with Crippen LogP contribution in [0.5, 0.6) is 0 Å². The van der Waals surface area contributed by atoms with Gasteiger partial charge < -0.3 is 9.80 Å². The van der Waals surface area contributed by atoms with Crippen molar-refractivity contribution < 1.29 is 0 Å². The van der Waals surface area contributed by atoms with Crippen LogP contribution in [0.25, 0.3) is 0 Å². The molecular weight excluding hydrogens is 334 g/mol. The van der Waals surface area contributed by atoms with Gasteiger partial charge in [-0.15, -0.1) is 6.58 Å². The summed E-state index contributed by atoms with van der Waals surface area (Å²) in [5, 5.41) is 0. The highest BCUT2D eigenvalue weighted by atomic mass is 15.5. The molecule has 134 valence electrons. The Hall–Kier alpha value is -3.21. The van der Waals surface area contributed by atoms with Crippen molar-refractivity contribution in [2.24, 2.45) is 5.92 Å². The van der Waals surface area contributed by atoms with Gasteiger partial charge in [0.2, 0.25) is 0 Å². The van der Waals surface area contributed by atoms with E-state index in [1.807, 2.05) is 30.7 Å². The molecule has 0 amide bonds. The van der Waals surface area contributed by atoms with Crippen molar-refractivity contribution in [1.82, 2.24) is 15.0 Å². The third-order valence-corrected chi connectivity index (χ3v) is 6.19. The van der Waals surface area contributed by atoms with Crippen LogP contribution in [0.15, 0.2) is 74.0 Å². The van der Waals surface area contributed by atoms with E-state index >= 15 is 0 Å². The molecule has 4 heterocycles. The highest BCUT2D eigenvalue weighted by Crippen LogP contribution is 2.56. The van der Waals surface area contributed by atoms with Gasteiger partial charge in [0.1, 0.15) is 18.2 Å². The third-order valence-electron chi connectivity index (χ3n) is 6.19. The molecule has 0 bridgehead atoms. The fraction of sp³-hybridized carbons (Fsp3) is 0.227. The van der Waals surface area contributed by atoms with Gasteiger partial charge in [-0.3, -0.25) is 4.98 Å². The predicted molar refractivity (Wildman–Crippen MR) is 107 cm³/mol. The van der Waals surface area contributed by atoms with Gasteiger partial charge in [-0.05, 0) is 23.8 Å². The first-order valence-electron chi connectivity index (χ1n) is 9.18. The molecule has 3 atom stereocenters. The van der Waals surface area contributed by atoms with E-state index in [1.165, 1.54) is 11.3 Å². The Bertz CT molecular complexity index is 1020. The average Bonchev–Trinajstić information content (AvgIpc) is 3.08. The summed E-state index contributed by atoms with van der Waals surface area (Å²) >= 11 is 0. The molecule has 3 unspecified atom stereocenters.